The van der Waals surface area contributed by atoms with Crippen LogP contribution in [-0.4, -0.2) is 15.0 Å². The van der Waals surface area contributed by atoms with Crippen molar-refractivity contribution in [2.75, 3.05) is 0 Å². The van der Waals surface area contributed by atoms with Crippen molar-refractivity contribution in [1.82, 2.24) is 15.0 Å². The van der Waals surface area contributed by atoms with Crippen LogP contribution >= 0.6 is 0 Å². The first-order valence-corrected chi connectivity index (χ1v) is 17.1. The lowest BCUT2D eigenvalue weighted by Crippen LogP contribution is -2.01. The number of para-hydroxylation sites is 1. The van der Waals surface area contributed by atoms with Crippen molar-refractivity contribution in [1.29, 1.82) is 0 Å². The molecule has 8 aromatic carbocycles. The van der Waals surface area contributed by atoms with E-state index in [9.17, 15) is 0 Å². The molecule has 0 spiro atoms. The molecule has 0 aliphatic heterocycles. The van der Waals surface area contributed by atoms with E-state index in [4.69, 9.17) is 19.4 Å². The quantitative estimate of drug-likeness (QED) is 0.186. The van der Waals surface area contributed by atoms with Crippen LogP contribution in [0.4, 0.5) is 0 Å². The van der Waals surface area contributed by atoms with Crippen LogP contribution in [-0.2, 0) is 0 Å². The molecule has 0 N–H and O–H groups in total. The molecule has 10 aromatic rings. The number of benzene rings is 8. The van der Waals surface area contributed by atoms with Gasteiger partial charge in [-0.2, -0.15) is 0 Å². The molecular formula is C47H29N3O. The van der Waals surface area contributed by atoms with E-state index < -0.39 is 0 Å². The van der Waals surface area contributed by atoms with E-state index in [1.54, 1.807) is 0 Å². The molecule has 0 saturated heterocycles. The van der Waals surface area contributed by atoms with Gasteiger partial charge in [-0.25, -0.2) is 15.0 Å². The average Bonchev–Trinajstić information content (AvgIpc) is 3.58. The Balaban J connectivity index is 1.19. The average molecular weight is 652 g/mol. The van der Waals surface area contributed by atoms with Crippen molar-refractivity contribution in [2.45, 2.75) is 0 Å². The predicted molar refractivity (Wildman–Crippen MR) is 209 cm³/mol. The van der Waals surface area contributed by atoms with E-state index in [-0.39, 0.29) is 0 Å². The van der Waals surface area contributed by atoms with Gasteiger partial charge in [0.05, 0.1) is 0 Å². The predicted octanol–water partition coefficient (Wildman–Crippen LogP) is 12.4. The van der Waals surface area contributed by atoms with Gasteiger partial charge in [0.25, 0.3) is 0 Å². The molecule has 0 bridgehead atoms. The molecule has 10 rings (SSSR count). The van der Waals surface area contributed by atoms with Gasteiger partial charge in [0.15, 0.2) is 17.5 Å². The first-order valence-electron chi connectivity index (χ1n) is 17.1. The zero-order valence-electron chi connectivity index (χ0n) is 27.5. The van der Waals surface area contributed by atoms with Crippen LogP contribution in [0.15, 0.2) is 180 Å². The number of hydrogen-bond acceptors (Lipinski definition) is 4. The lowest BCUT2D eigenvalue weighted by atomic mass is 9.93. The third-order valence-electron chi connectivity index (χ3n) is 9.73. The van der Waals surface area contributed by atoms with E-state index >= 15 is 0 Å². The number of rotatable bonds is 5. The van der Waals surface area contributed by atoms with E-state index in [0.717, 1.165) is 82.4 Å². The Morgan fingerprint density at radius 1 is 0.294 bits per heavy atom. The summed E-state index contributed by atoms with van der Waals surface area (Å²) in [6.45, 7) is 0. The lowest BCUT2D eigenvalue weighted by molar-refractivity contribution is 0.669. The molecule has 0 radical (unpaired) electrons. The van der Waals surface area contributed by atoms with Crippen LogP contribution in [0.3, 0.4) is 0 Å². The highest BCUT2D eigenvalue weighted by atomic mass is 16.3. The van der Waals surface area contributed by atoms with Crippen LogP contribution in [0.2, 0.25) is 0 Å². The molecule has 2 heterocycles. The second-order valence-electron chi connectivity index (χ2n) is 12.8. The minimum atomic E-state index is 0.632. The second-order valence-corrected chi connectivity index (χ2v) is 12.8. The molecular weight excluding hydrogens is 623 g/mol. The Morgan fingerprint density at radius 2 is 0.863 bits per heavy atom. The minimum absolute atomic E-state index is 0.632. The summed E-state index contributed by atoms with van der Waals surface area (Å²) >= 11 is 0. The zero-order valence-corrected chi connectivity index (χ0v) is 27.5. The summed E-state index contributed by atoms with van der Waals surface area (Å²) in [6.07, 6.45) is 0. The SMILES string of the molecule is c1ccc(-c2cc(-c3nc(-c4ccccc4)nc(-c4ccc(-c5ccc6oc7ccccc7c6c5)c5ccccc45)n3)c3ccccc3c2)cc1. The van der Waals surface area contributed by atoms with Gasteiger partial charge in [0, 0.05) is 27.5 Å². The number of furan rings is 1. The van der Waals surface area contributed by atoms with Gasteiger partial charge in [-0.15, -0.1) is 0 Å². The standard InChI is InChI=1S/C47H29N3O/c1-3-13-30(14-4-1)34-27-32-17-7-8-18-35(32)42(29-34)47-49-45(31-15-5-2-6-16-31)48-46(50-47)40-25-24-36(37-19-9-10-20-38(37)40)33-23-26-44-41(28-33)39-21-11-12-22-43(39)51-44/h1-29H. The maximum atomic E-state index is 6.14. The third kappa shape index (κ3) is 5.04. The number of fused-ring (bicyclic) bond motifs is 5. The van der Waals surface area contributed by atoms with Gasteiger partial charge in [0.2, 0.25) is 0 Å². The van der Waals surface area contributed by atoms with Crippen molar-refractivity contribution in [3.8, 4) is 56.4 Å². The van der Waals surface area contributed by atoms with E-state index in [1.165, 1.54) is 0 Å². The van der Waals surface area contributed by atoms with Gasteiger partial charge < -0.3 is 4.42 Å². The summed E-state index contributed by atoms with van der Waals surface area (Å²) < 4.78 is 6.14. The fraction of sp³-hybridized carbons (Fsp3) is 0. The van der Waals surface area contributed by atoms with Crippen LogP contribution in [0.25, 0.3) is 99.9 Å². The fourth-order valence-corrected chi connectivity index (χ4v) is 7.27. The summed E-state index contributed by atoms with van der Waals surface area (Å²) in [7, 11) is 0. The normalized spacial score (nSPS) is 11.5. The van der Waals surface area contributed by atoms with Gasteiger partial charge in [-0.05, 0) is 80.2 Å². The van der Waals surface area contributed by atoms with Crippen molar-refractivity contribution in [2.24, 2.45) is 0 Å². The fourth-order valence-electron chi connectivity index (χ4n) is 7.27. The Hall–Kier alpha value is -6.91. The topological polar surface area (TPSA) is 51.8 Å². The first kappa shape index (κ1) is 29.0. The van der Waals surface area contributed by atoms with Gasteiger partial charge >= 0.3 is 0 Å². The summed E-state index contributed by atoms with van der Waals surface area (Å²) in [5.41, 5.74) is 9.16. The number of hydrogen-bond donors (Lipinski definition) is 0. The molecule has 0 fully saturated rings. The zero-order chi connectivity index (χ0) is 33.7. The van der Waals surface area contributed by atoms with Crippen molar-refractivity contribution < 1.29 is 4.42 Å². The van der Waals surface area contributed by atoms with Crippen LogP contribution < -0.4 is 0 Å². The molecule has 0 aliphatic carbocycles. The Bertz CT molecular complexity index is 2910. The largest absolute Gasteiger partial charge is 0.456 e. The molecule has 0 atom stereocenters. The number of aromatic nitrogens is 3. The highest BCUT2D eigenvalue weighted by molar-refractivity contribution is 6.09. The van der Waals surface area contributed by atoms with Crippen LogP contribution in [0, 0.1) is 0 Å². The molecule has 0 unspecified atom stereocenters. The molecule has 0 saturated carbocycles. The van der Waals surface area contributed by atoms with Gasteiger partial charge in [-0.3, -0.25) is 0 Å². The van der Waals surface area contributed by atoms with Crippen LogP contribution in [0.5, 0.6) is 0 Å². The smallest absolute Gasteiger partial charge is 0.164 e. The molecule has 51 heavy (non-hydrogen) atoms. The minimum Gasteiger partial charge on any atom is -0.456 e. The van der Waals surface area contributed by atoms with Gasteiger partial charge in [0.1, 0.15) is 11.2 Å². The highest BCUT2D eigenvalue weighted by Crippen LogP contribution is 2.39. The summed E-state index contributed by atoms with van der Waals surface area (Å²) in [5, 5.41) is 6.65. The van der Waals surface area contributed by atoms with Crippen molar-refractivity contribution in [3.63, 3.8) is 0 Å². The van der Waals surface area contributed by atoms with E-state index in [1.807, 2.05) is 36.4 Å². The highest BCUT2D eigenvalue weighted by Gasteiger charge is 2.18. The molecule has 0 amide bonds. The van der Waals surface area contributed by atoms with Crippen molar-refractivity contribution >= 4 is 43.5 Å². The molecule has 4 nitrogen and oxygen atoms in total. The first-order chi connectivity index (χ1) is 25.3. The maximum Gasteiger partial charge on any atom is 0.164 e. The monoisotopic (exact) mass is 651 g/mol. The summed E-state index contributed by atoms with van der Waals surface area (Å²) in [5.74, 6) is 1.90. The maximum absolute atomic E-state index is 6.14. The molecule has 0 aliphatic rings. The molecule has 2 aromatic heterocycles. The molecule has 4 heteroatoms. The van der Waals surface area contributed by atoms with Gasteiger partial charge in [-0.1, -0.05) is 140 Å². The summed E-state index contributed by atoms with van der Waals surface area (Å²) in [4.78, 5) is 15.6. The number of nitrogens with zero attached hydrogens (tertiary/aromatic N) is 3. The second kappa shape index (κ2) is 11.9. The molecule has 238 valence electrons. The lowest BCUT2D eigenvalue weighted by Gasteiger charge is -2.14. The summed E-state index contributed by atoms with van der Waals surface area (Å²) in [6, 6.07) is 61.1. The van der Waals surface area contributed by atoms with Crippen LogP contribution in [0.1, 0.15) is 0 Å². The Morgan fingerprint density at radius 3 is 1.65 bits per heavy atom. The van der Waals surface area contributed by atoms with E-state index in [0.29, 0.717) is 17.5 Å². The van der Waals surface area contributed by atoms with E-state index in [2.05, 4.69) is 140 Å². The Kier molecular flexibility index (Phi) is 6.78. The Labute approximate surface area is 294 Å². The van der Waals surface area contributed by atoms with Crippen molar-refractivity contribution in [3.05, 3.63) is 176 Å². The third-order valence-corrected chi connectivity index (χ3v) is 9.73.